The molecule has 0 saturated carbocycles. The molecule has 136 valence electrons. The Morgan fingerprint density at radius 3 is 2.62 bits per heavy atom. The van der Waals surface area contributed by atoms with Crippen molar-refractivity contribution in [3.8, 4) is 11.4 Å². The molecule has 6 nitrogen and oxygen atoms in total. The van der Waals surface area contributed by atoms with Gasteiger partial charge >= 0.3 is 0 Å². The van der Waals surface area contributed by atoms with Crippen LogP contribution in [0.1, 0.15) is 17.0 Å². The van der Waals surface area contributed by atoms with E-state index in [4.69, 9.17) is 16.1 Å². The van der Waals surface area contributed by atoms with Gasteiger partial charge in [0.1, 0.15) is 0 Å². The smallest absolute Gasteiger partial charge is 0.228 e. The summed E-state index contributed by atoms with van der Waals surface area (Å²) < 4.78 is 32.1. The van der Waals surface area contributed by atoms with E-state index in [-0.39, 0.29) is 12.3 Å². The Balaban J connectivity index is 1.58. The van der Waals surface area contributed by atoms with Crippen molar-refractivity contribution < 1.29 is 12.9 Å². The minimum absolute atomic E-state index is 0.169. The largest absolute Gasteiger partial charge is 0.339 e. The number of nitrogens with zero attached hydrogens (tertiary/aromatic N) is 2. The number of halogens is 1. The molecule has 0 radical (unpaired) electrons. The minimum Gasteiger partial charge on any atom is -0.339 e. The molecule has 26 heavy (non-hydrogen) atoms. The standard InChI is InChI=1S/C18H18ClN3O3S/c1-13-6-2-4-8-15(13)18-21-17(25-22-18)10-11-20-26(23,24)12-14-7-3-5-9-16(14)19/h2-9,20H,10-12H2,1H3. The Labute approximate surface area is 157 Å². The number of aromatic nitrogens is 2. The Kier molecular flexibility index (Phi) is 5.70. The van der Waals surface area contributed by atoms with Crippen LogP contribution in [0.3, 0.4) is 0 Å². The van der Waals surface area contributed by atoms with Gasteiger partial charge in [-0.15, -0.1) is 0 Å². The van der Waals surface area contributed by atoms with Crippen LogP contribution < -0.4 is 4.72 Å². The second kappa shape index (κ2) is 7.99. The monoisotopic (exact) mass is 391 g/mol. The van der Waals surface area contributed by atoms with Gasteiger partial charge in [0.15, 0.2) is 0 Å². The molecule has 0 aliphatic carbocycles. The van der Waals surface area contributed by atoms with Crippen molar-refractivity contribution in [2.24, 2.45) is 0 Å². The normalized spacial score (nSPS) is 11.6. The summed E-state index contributed by atoms with van der Waals surface area (Å²) in [6, 6.07) is 14.6. The van der Waals surface area contributed by atoms with Gasteiger partial charge in [0.2, 0.25) is 21.7 Å². The van der Waals surface area contributed by atoms with Gasteiger partial charge < -0.3 is 4.52 Å². The fourth-order valence-corrected chi connectivity index (χ4v) is 3.93. The summed E-state index contributed by atoms with van der Waals surface area (Å²) in [4.78, 5) is 4.33. The molecule has 0 unspecified atom stereocenters. The molecule has 3 aromatic rings. The van der Waals surface area contributed by atoms with E-state index < -0.39 is 10.0 Å². The molecule has 2 aromatic carbocycles. The number of nitrogens with one attached hydrogen (secondary N) is 1. The number of sulfonamides is 1. The van der Waals surface area contributed by atoms with Gasteiger partial charge in [-0.1, -0.05) is 59.2 Å². The third kappa shape index (κ3) is 4.69. The number of rotatable bonds is 7. The summed E-state index contributed by atoms with van der Waals surface area (Å²) >= 11 is 6.01. The quantitative estimate of drug-likeness (QED) is 0.667. The first kappa shape index (κ1) is 18.6. The van der Waals surface area contributed by atoms with Gasteiger partial charge in [-0.05, 0) is 24.1 Å². The molecule has 1 N–H and O–H groups in total. The van der Waals surface area contributed by atoms with Crippen LogP contribution in [0.2, 0.25) is 5.02 Å². The zero-order valence-electron chi connectivity index (χ0n) is 14.1. The van der Waals surface area contributed by atoms with Crippen LogP contribution in [0, 0.1) is 6.92 Å². The third-order valence-electron chi connectivity index (χ3n) is 3.82. The van der Waals surface area contributed by atoms with Crippen LogP contribution in [0.4, 0.5) is 0 Å². The minimum atomic E-state index is -3.50. The summed E-state index contributed by atoms with van der Waals surface area (Å²) in [7, 11) is -3.50. The molecule has 0 aliphatic rings. The highest BCUT2D eigenvalue weighted by molar-refractivity contribution is 7.88. The van der Waals surface area contributed by atoms with E-state index in [1.54, 1.807) is 24.3 Å². The highest BCUT2D eigenvalue weighted by Crippen LogP contribution is 2.20. The highest BCUT2D eigenvalue weighted by atomic mass is 35.5. The van der Waals surface area contributed by atoms with Crippen molar-refractivity contribution in [1.82, 2.24) is 14.9 Å². The SMILES string of the molecule is Cc1ccccc1-c1noc(CCNS(=O)(=O)Cc2ccccc2Cl)n1. The van der Waals surface area contributed by atoms with Crippen LogP contribution in [0.25, 0.3) is 11.4 Å². The number of benzene rings is 2. The van der Waals surface area contributed by atoms with Crippen LogP contribution in [-0.2, 0) is 22.2 Å². The molecule has 0 fully saturated rings. The Hall–Kier alpha value is -2.22. The van der Waals surface area contributed by atoms with Gasteiger partial charge in [-0.3, -0.25) is 0 Å². The average molecular weight is 392 g/mol. The molecule has 1 heterocycles. The second-order valence-electron chi connectivity index (χ2n) is 5.82. The molecule has 0 amide bonds. The Morgan fingerprint density at radius 1 is 1.12 bits per heavy atom. The fourth-order valence-electron chi connectivity index (χ4n) is 2.47. The maximum atomic E-state index is 12.2. The molecular weight excluding hydrogens is 374 g/mol. The lowest BCUT2D eigenvalue weighted by molar-refractivity contribution is 0.379. The second-order valence-corrected chi connectivity index (χ2v) is 8.04. The van der Waals surface area contributed by atoms with Gasteiger partial charge in [-0.25, -0.2) is 13.1 Å². The molecule has 0 saturated heterocycles. The van der Waals surface area contributed by atoms with Gasteiger partial charge in [0, 0.05) is 23.6 Å². The summed E-state index contributed by atoms with van der Waals surface area (Å²) in [5.41, 5.74) is 2.49. The molecule has 1 aromatic heterocycles. The van der Waals surface area contributed by atoms with Gasteiger partial charge in [-0.2, -0.15) is 4.98 Å². The Morgan fingerprint density at radius 2 is 1.85 bits per heavy atom. The van der Waals surface area contributed by atoms with Crippen LogP contribution in [0.5, 0.6) is 0 Å². The predicted molar refractivity (Wildman–Crippen MR) is 100 cm³/mol. The molecule has 0 bridgehead atoms. The van der Waals surface area contributed by atoms with Crippen LogP contribution in [-0.4, -0.2) is 25.1 Å². The molecule has 0 atom stereocenters. The summed E-state index contributed by atoms with van der Waals surface area (Å²) in [5.74, 6) is 0.700. The van der Waals surface area contributed by atoms with E-state index in [1.807, 2.05) is 31.2 Å². The highest BCUT2D eigenvalue weighted by Gasteiger charge is 2.15. The number of aryl methyl sites for hydroxylation is 1. The van der Waals surface area contributed by atoms with E-state index in [0.717, 1.165) is 11.1 Å². The van der Waals surface area contributed by atoms with E-state index in [1.165, 1.54) is 0 Å². The van der Waals surface area contributed by atoms with Crippen molar-refractivity contribution in [1.29, 1.82) is 0 Å². The zero-order valence-corrected chi connectivity index (χ0v) is 15.7. The van der Waals surface area contributed by atoms with E-state index in [0.29, 0.717) is 28.7 Å². The lowest BCUT2D eigenvalue weighted by atomic mass is 10.1. The third-order valence-corrected chi connectivity index (χ3v) is 5.52. The maximum absolute atomic E-state index is 12.2. The van der Waals surface area contributed by atoms with Crippen molar-refractivity contribution in [2.45, 2.75) is 19.1 Å². The van der Waals surface area contributed by atoms with Gasteiger partial charge in [0.25, 0.3) is 0 Å². The van der Waals surface area contributed by atoms with E-state index >= 15 is 0 Å². The topological polar surface area (TPSA) is 85.1 Å². The van der Waals surface area contributed by atoms with E-state index in [2.05, 4.69) is 14.9 Å². The first-order valence-electron chi connectivity index (χ1n) is 8.04. The predicted octanol–water partition coefficient (Wildman–Crippen LogP) is 3.36. The number of hydrogen-bond donors (Lipinski definition) is 1. The summed E-state index contributed by atoms with van der Waals surface area (Å²) in [5, 5.41) is 4.39. The number of hydrogen-bond acceptors (Lipinski definition) is 5. The maximum Gasteiger partial charge on any atom is 0.228 e. The Bertz CT molecular complexity index is 1000. The van der Waals surface area contributed by atoms with Crippen molar-refractivity contribution in [3.05, 3.63) is 70.6 Å². The summed E-state index contributed by atoms with van der Waals surface area (Å²) in [6.45, 7) is 2.14. The van der Waals surface area contributed by atoms with Gasteiger partial charge in [0.05, 0.1) is 5.75 Å². The first-order valence-corrected chi connectivity index (χ1v) is 10.1. The molecule has 0 aliphatic heterocycles. The molecule has 8 heteroatoms. The van der Waals surface area contributed by atoms with Crippen LogP contribution in [0.15, 0.2) is 53.1 Å². The molecule has 3 rings (SSSR count). The fraction of sp³-hybridized carbons (Fsp3) is 0.222. The lowest BCUT2D eigenvalue weighted by Gasteiger charge is -2.07. The average Bonchev–Trinajstić information content (AvgIpc) is 3.06. The molecular formula is C18H18ClN3O3S. The van der Waals surface area contributed by atoms with Crippen molar-refractivity contribution in [3.63, 3.8) is 0 Å². The summed E-state index contributed by atoms with van der Waals surface area (Å²) in [6.07, 6.45) is 0.306. The van der Waals surface area contributed by atoms with Crippen LogP contribution >= 0.6 is 11.6 Å². The van der Waals surface area contributed by atoms with Crippen molar-refractivity contribution in [2.75, 3.05) is 6.54 Å². The van der Waals surface area contributed by atoms with Crippen molar-refractivity contribution >= 4 is 21.6 Å². The lowest BCUT2D eigenvalue weighted by Crippen LogP contribution is -2.27. The van der Waals surface area contributed by atoms with E-state index in [9.17, 15) is 8.42 Å². The first-order chi connectivity index (χ1) is 12.4. The molecule has 0 spiro atoms. The zero-order chi connectivity index (χ0) is 18.6.